The highest BCUT2D eigenvalue weighted by atomic mass is 15.0. The lowest BCUT2D eigenvalue weighted by molar-refractivity contribution is 0.298. The molecule has 0 aliphatic carbocycles. The Morgan fingerprint density at radius 2 is 1.55 bits per heavy atom. The summed E-state index contributed by atoms with van der Waals surface area (Å²) in [5, 5.41) is 3.43. The molecule has 2 heteroatoms. The van der Waals surface area contributed by atoms with Crippen molar-refractivity contribution in [3.05, 3.63) is 0 Å². The lowest BCUT2D eigenvalue weighted by Gasteiger charge is -2.29. The predicted molar refractivity (Wildman–Crippen MR) is 50.6 cm³/mol. The van der Waals surface area contributed by atoms with Crippen molar-refractivity contribution in [2.24, 2.45) is 11.1 Å². The maximum Gasteiger partial charge on any atom is 0.00967 e. The molecule has 11 heavy (non-hydrogen) atoms. The highest BCUT2D eigenvalue weighted by Gasteiger charge is 2.18. The van der Waals surface area contributed by atoms with Crippen LogP contribution >= 0.6 is 0 Å². The van der Waals surface area contributed by atoms with Crippen molar-refractivity contribution in [3.63, 3.8) is 0 Å². The van der Waals surface area contributed by atoms with E-state index in [-0.39, 0.29) is 11.0 Å². The van der Waals surface area contributed by atoms with E-state index < -0.39 is 0 Å². The fourth-order valence-corrected chi connectivity index (χ4v) is 0.577. The molecule has 0 fully saturated rings. The second-order valence-corrected chi connectivity index (χ2v) is 4.97. The number of nitrogens with one attached hydrogen (secondary N) is 1. The number of hydrogen-bond acceptors (Lipinski definition) is 2. The number of hydrogen-bond donors (Lipinski definition) is 2. The minimum atomic E-state index is 0.201. The van der Waals surface area contributed by atoms with Crippen LogP contribution in [-0.2, 0) is 0 Å². The van der Waals surface area contributed by atoms with E-state index in [0.29, 0.717) is 0 Å². The zero-order chi connectivity index (χ0) is 9.12. The standard InChI is InChI=1S/C9H22N2/c1-8(2,3)11-7-9(4,5)6-10/h11H,6-7,10H2,1-5H3. The summed E-state index contributed by atoms with van der Waals surface area (Å²) in [5.74, 6) is 0. The monoisotopic (exact) mass is 158 g/mol. The summed E-state index contributed by atoms with van der Waals surface area (Å²) < 4.78 is 0. The molecule has 0 amide bonds. The summed E-state index contributed by atoms with van der Waals surface area (Å²) in [6.45, 7) is 12.6. The van der Waals surface area contributed by atoms with Crippen LogP contribution < -0.4 is 11.1 Å². The van der Waals surface area contributed by atoms with Crippen molar-refractivity contribution in [1.29, 1.82) is 0 Å². The molecule has 0 aromatic heterocycles. The molecule has 0 atom stereocenters. The van der Waals surface area contributed by atoms with Crippen LogP contribution in [0.4, 0.5) is 0 Å². The molecular formula is C9H22N2. The van der Waals surface area contributed by atoms with Crippen LogP contribution in [0.3, 0.4) is 0 Å². The first-order valence-electron chi connectivity index (χ1n) is 4.22. The first-order chi connectivity index (χ1) is 4.77. The van der Waals surface area contributed by atoms with Crippen LogP contribution in [-0.4, -0.2) is 18.6 Å². The average molecular weight is 158 g/mol. The number of rotatable bonds is 3. The molecule has 0 unspecified atom stereocenters. The van der Waals surface area contributed by atoms with Gasteiger partial charge in [0.15, 0.2) is 0 Å². The molecule has 0 rings (SSSR count). The van der Waals surface area contributed by atoms with Crippen LogP contribution in [0, 0.1) is 5.41 Å². The van der Waals surface area contributed by atoms with Gasteiger partial charge in [0.25, 0.3) is 0 Å². The lowest BCUT2D eigenvalue weighted by atomic mass is 9.92. The molecule has 2 nitrogen and oxygen atoms in total. The summed E-state index contributed by atoms with van der Waals surface area (Å²) in [6.07, 6.45) is 0. The van der Waals surface area contributed by atoms with E-state index >= 15 is 0 Å². The van der Waals surface area contributed by atoms with Crippen LogP contribution in [0.15, 0.2) is 0 Å². The van der Waals surface area contributed by atoms with E-state index in [1.54, 1.807) is 0 Å². The Labute approximate surface area is 70.5 Å². The fourth-order valence-electron chi connectivity index (χ4n) is 0.577. The quantitative estimate of drug-likeness (QED) is 0.651. The highest BCUT2D eigenvalue weighted by Crippen LogP contribution is 2.12. The molecule has 0 heterocycles. The van der Waals surface area contributed by atoms with Crippen LogP contribution in [0.25, 0.3) is 0 Å². The van der Waals surface area contributed by atoms with Crippen molar-refractivity contribution in [3.8, 4) is 0 Å². The van der Waals surface area contributed by atoms with Crippen molar-refractivity contribution in [2.75, 3.05) is 13.1 Å². The SMILES string of the molecule is CC(C)(CN)CNC(C)(C)C. The molecule has 3 N–H and O–H groups in total. The molecule has 0 bridgehead atoms. The molecule has 0 saturated heterocycles. The summed E-state index contributed by atoms with van der Waals surface area (Å²) in [4.78, 5) is 0. The van der Waals surface area contributed by atoms with E-state index in [9.17, 15) is 0 Å². The topological polar surface area (TPSA) is 38.0 Å². The molecule has 0 saturated carbocycles. The Kier molecular flexibility index (Phi) is 3.52. The molecule has 0 aromatic carbocycles. The second-order valence-electron chi connectivity index (χ2n) is 4.97. The maximum atomic E-state index is 5.60. The lowest BCUT2D eigenvalue weighted by Crippen LogP contribution is -2.44. The third kappa shape index (κ3) is 6.32. The van der Waals surface area contributed by atoms with Gasteiger partial charge >= 0.3 is 0 Å². The fraction of sp³-hybridized carbons (Fsp3) is 1.00. The van der Waals surface area contributed by atoms with Gasteiger partial charge in [-0.2, -0.15) is 0 Å². The van der Waals surface area contributed by atoms with Gasteiger partial charge in [-0.1, -0.05) is 13.8 Å². The zero-order valence-corrected chi connectivity index (χ0v) is 8.49. The van der Waals surface area contributed by atoms with E-state index in [0.717, 1.165) is 13.1 Å². The van der Waals surface area contributed by atoms with Gasteiger partial charge in [-0.25, -0.2) is 0 Å². The van der Waals surface area contributed by atoms with Crippen molar-refractivity contribution in [1.82, 2.24) is 5.32 Å². The van der Waals surface area contributed by atoms with Crippen LogP contribution in [0.5, 0.6) is 0 Å². The van der Waals surface area contributed by atoms with E-state index in [2.05, 4.69) is 39.9 Å². The molecule has 0 aliphatic rings. The van der Waals surface area contributed by atoms with E-state index in [1.807, 2.05) is 0 Å². The molecule has 0 radical (unpaired) electrons. The predicted octanol–water partition coefficient (Wildman–Crippen LogP) is 1.36. The molecule has 0 spiro atoms. The van der Waals surface area contributed by atoms with E-state index in [1.165, 1.54) is 0 Å². The Hall–Kier alpha value is -0.0800. The van der Waals surface area contributed by atoms with Gasteiger partial charge < -0.3 is 11.1 Å². The molecule has 0 aliphatic heterocycles. The third-order valence-corrected chi connectivity index (χ3v) is 1.65. The van der Waals surface area contributed by atoms with Crippen LogP contribution in [0.2, 0.25) is 0 Å². The van der Waals surface area contributed by atoms with Gasteiger partial charge in [0.1, 0.15) is 0 Å². The van der Waals surface area contributed by atoms with Crippen molar-refractivity contribution in [2.45, 2.75) is 40.2 Å². The largest absolute Gasteiger partial charge is 0.330 e. The summed E-state index contributed by atoms with van der Waals surface area (Å²) in [6, 6.07) is 0. The van der Waals surface area contributed by atoms with Gasteiger partial charge in [-0.05, 0) is 32.7 Å². The first kappa shape index (κ1) is 10.9. The van der Waals surface area contributed by atoms with Gasteiger partial charge in [0.05, 0.1) is 0 Å². The van der Waals surface area contributed by atoms with E-state index in [4.69, 9.17) is 5.73 Å². The highest BCUT2D eigenvalue weighted by molar-refractivity contribution is 4.78. The minimum absolute atomic E-state index is 0.201. The molecule has 68 valence electrons. The normalized spacial score (nSPS) is 13.6. The van der Waals surface area contributed by atoms with Gasteiger partial charge in [-0.3, -0.25) is 0 Å². The van der Waals surface area contributed by atoms with Gasteiger partial charge in [-0.15, -0.1) is 0 Å². The Morgan fingerprint density at radius 3 is 1.82 bits per heavy atom. The average Bonchev–Trinajstić information content (AvgIpc) is 1.83. The van der Waals surface area contributed by atoms with Gasteiger partial charge in [0, 0.05) is 12.1 Å². The summed E-state index contributed by atoms with van der Waals surface area (Å²) in [5.41, 5.74) is 6.01. The third-order valence-electron chi connectivity index (χ3n) is 1.65. The second kappa shape index (κ2) is 3.55. The van der Waals surface area contributed by atoms with Crippen LogP contribution in [0.1, 0.15) is 34.6 Å². The Morgan fingerprint density at radius 1 is 1.09 bits per heavy atom. The maximum absolute atomic E-state index is 5.60. The molecular weight excluding hydrogens is 136 g/mol. The zero-order valence-electron chi connectivity index (χ0n) is 8.49. The molecule has 0 aromatic rings. The van der Waals surface area contributed by atoms with Crippen molar-refractivity contribution >= 4 is 0 Å². The smallest absolute Gasteiger partial charge is 0.00967 e. The summed E-state index contributed by atoms with van der Waals surface area (Å²) in [7, 11) is 0. The van der Waals surface area contributed by atoms with Crippen molar-refractivity contribution < 1.29 is 0 Å². The first-order valence-corrected chi connectivity index (χ1v) is 4.22. The minimum Gasteiger partial charge on any atom is -0.330 e. The Balaban J connectivity index is 3.70. The van der Waals surface area contributed by atoms with Gasteiger partial charge in [0.2, 0.25) is 0 Å². The summed E-state index contributed by atoms with van der Waals surface area (Å²) >= 11 is 0. The Bertz CT molecular complexity index is 111. The number of nitrogens with two attached hydrogens (primary N) is 1.